The van der Waals surface area contributed by atoms with E-state index in [1.165, 1.54) is 0 Å². The fourth-order valence-corrected chi connectivity index (χ4v) is 2.96. The summed E-state index contributed by atoms with van der Waals surface area (Å²) in [5.74, 6) is 0.696. The predicted molar refractivity (Wildman–Crippen MR) is 74.6 cm³/mol. The van der Waals surface area contributed by atoms with E-state index in [1.54, 1.807) is 6.07 Å². The molecule has 5 heteroatoms. The lowest BCUT2D eigenvalue weighted by atomic mass is 10.1. The Bertz CT molecular complexity index is 475. The molecule has 2 rings (SSSR count). The zero-order valence-electron chi connectivity index (χ0n) is 10.6. The Kier molecular flexibility index (Phi) is 3.66. The quantitative estimate of drug-likeness (QED) is 0.375. The van der Waals surface area contributed by atoms with Crippen molar-refractivity contribution in [3.05, 3.63) is 28.8 Å². The maximum atomic E-state index is 8.88. The van der Waals surface area contributed by atoms with Crippen LogP contribution in [-0.2, 0) is 0 Å². The molecule has 18 heavy (non-hydrogen) atoms. The third kappa shape index (κ3) is 2.25. The minimum absolute atomic E-state index is 0.0577. The fraction of sp³-hybridized carbons (Fsp3) is 0.462. The molecule has 1 saturated heterocycles. The second-order valence-electron chi connectivity index (χ2n) is 4.96. The van der Waals surface area contributed by atoms with E-state index in [0.717, 1.165) is 18.7 Å². The Morgan fingerprint density at radius 1 is 1.50 bits per heavy atom. The van der Waals surface area contributed by atoms with Crippen molar-refractivity contribution in [2.24, 2.45) is 16.8 Å². The normalized spacial score (nSPS) is 24.6. The zero-order chi connectivity index (χ0) is 13.3. The summed E-state index contributed by atoms with van der Waals surface area (Å²) < 4.78 is 0. The molecule has 0 radical (unpaired) electrons. The van der Waals surface area contributed by atoms with Crippen molar-refractivity contribution in [3.8, 4) is 0 Å². The topological polar surface area (TPSA) is 61.8 Å². The molecule has 0 spiro atoms. The van der Waals surface area contributed by atoms with Crippen LogP contribution >= 0.6 is 11.6 Å². The maximum absolute atomic E-state index is 8.88. The van der Waals surface area contributed by atoms with Gasteiger partial charge in [-0.15, -0.1) is 0 Å². The Balaban J connectivity index is 2.48. The first kappa shape index (κ1) is 13.0. The van der Waals surface area contributed by atoms with Crippen molar-refractivity contribution in [1.82, 2.24) is 0 Å². The van der Waals surface area contributed by atoms with E-state index < -0.39 is 0 Å². The third-order valence-corrected chi connectivity index (χ3v) is 3.76. The summed E-state index contributed by atoms with van der Waals surface area (Å²) in [7, 11) is 0. The van der Waals surface area contributed by atoms with E-state index in [4.69, 9.17) is 22.5 Å². The van der Waals surface area contributed by atoms with Crippen LogP contribution < -0.4 is 10.6 Å². The smallest absolute Gasteiger partial charge is 0.173 e. The van der Waals surface area contributed by atoms with Crippen LogP contribution in [0.1, 0.15) is 25.8 Å². The summed E-state index contributed by atoms with van der Waals surface area (Å²) in [5.41, 5.74) is 7.29. The highest BCUT2D eigenvalue weighted by molar-refractivity contribution is 6.34. The van der Waals surface area contributed by atoms with E-state index in [-0.39, 0.29) is 5.84 Å². The highest BCUT2D eigenvalue weighted by Gasteiger charge is 2.29. The van der Waals surface area contributed by atoms with E-state index in [9.17, 15) is 0 Å². The van der Waals surface area contributed by atoms with E-state index >= 15 is 0 Å². The molecule has 3 N–H and O–H groups in total. The van der Waals surface area contributed by atoms with Crippen LogP contribution in [0, 0.1) is 5.92 Å². The van der Waals surface area contributed by atoms with Gasteiger partial charge in [0.05, 0.1) is 10.6 Å². The highest BCUT2D eigenvalue weighted by Crippen LogP contribution is 2.34. The SMILES string of the molecule is CC1CC(C)N(c2cccc(Cl)c2/C(N)=N/O)C1. The van der Waals surface area contributed by atoms with Crippen molar-refractivity contribution in [2.75, 3.05) is 11.4 Å². The second-order valence-corrected chi connectivity index (χ2v) is 5.37. The molecule has 1 aliphatic rings. The average molecular weight is 268 g/mol. The maximum Gasteiger partial charge on any atom is 0.173 e. The number of benzene rings is 1. The summed E-state index contributed by atoms with van der Waals surface area (Å²) in [4.78, 5) is 2.27. The highest BCUT2D eigenvalue weighted by atomic mass is 35.5. The van der Waals surface area contributed by atoms with Gasteiger partial charge in [0.1, 0.15) is 0 Å². The van der Waals surface area contributed by atoms with Gasteiger partial charge < -0.3 is 15.8 Å². The van der Waals surface area contributed by atoms with E-state index in [2.05, 4.69) is 23.9 Å². The first-order valence-electron chi connectivity index (χ1n) is 6.07. The molecule has 0 aromatic heterocycles. The number of halogens is 1. The average Bonchev–Trinajstić information content (AvgIpc) is 2.67. The van der Waals surface area contributed by atoms with Gasteiger partial charge in [-0.25, -0.2) is 0 Å². The minimum atomic E-state index is 0.0577. The van der Waals surface area contributed by atoms with Gasteiger partial charge in [0.25, 0.3) is 0 Å². The van der Waals surface area contributed by atoms with Crippen LogP contribution in [0.15, 0.2) is 23.4 Å². The van der Waals surface area contributed by atoms with E-state index in [1.807, 2.05) is 12.1 Å². The van der Waals surface area contributed by atoms with Crippen LogP contribution in [-0.4, -0.2) is 23.6 Å². The molecule has 2 unspecified atom stereocenters. The van der Waals surface area contributed by atoms with Crippen LogP contribution in [0.4, 0.5) is 5.69 Å². The van der Waals surface area contributed by atoms with Crippen LogP contribution in [0.2, 0.25) is 5.02 Å². The number of nitrogens with two attached hydrogens (primary N) is 1. The Hall–Kier alpha value is -1.42. The molecule has 1 aromatic rings. The summed E-state index contributed by atoms with van der Waals surface area (Å²) in [6.45, 7) is 5.37. The van der Waals surface area contributed by atoms with Crippen LogP contribution in [0.25, 0.3) is 0 Å². The lowest BCUT2D eigenvalue weighted by molar-refractivity contribution is 0.318. The van der Waals surface area contributed by atoms with Gasteiger partial charge in [-0.2, -0.15) is 0 Å². The molecular weight excluding hydrogens is 250 g/mol. The predicted octanol–water partition coefficient (Wildman–Crippen LogP) is 2.67. The number of amidine groups is 1. The molecule has 1 aliphatic heterocycles. The van der Waals surface area contributed by atoms with Crippen LogP contribution in [0.3, 0.4) is 0 Å². The van der Waals surface area contributed by atoms with Gasteiger partial charge in [0.15, 0.2) is 5.84 Å². The molecule has 0 bridgehead atoms. The lowest BCUT2D eigenvalue weighted by Gasteiger charge is -2.26. The van der Waals surface area contributed by atoms with Gasteiger partial charge >= 0.3 is 0 Å². The van der Waals surface area contributed by atoms with E-state index in [0.29, 0.717) is 22.5 Å². The van der Waals surface area contributed by atoms with Gasteiger partial charge in [-0.05, 0) is 31.4 Å². The van der Waals surface area contributed by atoms with Crippen LogP contribution in [0.5, 0.6) is 0 Å². The summed E-state index contributed by atoms with van der Waals surface area (Å²) in [6.07, 6.45) is 1.14. The molecular formula is C13H18ClN3O. The number of hydrogen-bond acceptors (Lipinski definition) is 3. The van der Waals surface area contributed by atoms with Crippen molar-refractivity contribution >= 4 is 23.1 Å². The van der Waals surface area contributed by atoms with Gasteiger partial charge in [-0.1, -0.05) is 29.7 Å². The standard InChI is InChI=1S/C13H18ClN3O/c1-8-6-9(2)17(7-8)11-5-3-4-10(14)12(11)13(15)16-18/h3-5,8-9,18H,6-7H2,1-2H3,(H2,15,16). The van der Waals surface area contributed by atoms with Crippen molar-refractivity contribution in [2.45, 2.75) is 26.3 Å². The fourth-order valence-electron chi connectivity index (χ4n) is 2.69. The molecule has 2 atom stereocenters. The summed E-state index contributed by atoms with van der Waals surface area (Å²) in [6, 6.07) is 6.04. The molecule has 1 aromatic carbocycles. The third-order valence-electron chi connectivity index (χ3n) is 3.45. The lowest BCUT2D eigenvalue weighted by Crippen LogP contribution is -2.29. The molecule has 0 aliphatic carbocycles. The number of anilines is 1. The van der Waals surface area contributed by atoms with Crippen molar-refractivity contribution < 1.29 is 5.21 Å². The summed E-state index contributed by atoms with van der Waals surface area (Å²) in [5, 5.41) is 12.5. The molecule has 0 saturated carbocycles. The molecule has 1 heterocycles. The zero-order valence-corrected chi connectivity index (χ0v) is 11.4. The first-order chi connectivity index (χ1) is 8.54. The molecule has 0 amide bonds. The Labute approximate surface area is 112 Å². The van der Waals surface area contributed by atoms with Gasteiger partial charge in [-0.3, -0.25) is 0 Å². The van der Waals surface area contributed by atoms with Crippen molar-refractivity contribution in [3.63, 3.8) is 0 Å². The molecule has 4 nitrogen and oxygen atoms in total. The Morgan fingerprint density at radius 3 is 2.78 bits per heavy atom. The van der Waals surface area contributed by atoms with Crippen molar-refractivity contribution in [1.29, 1.82) is 0 Å². The van der Waals surface area contributed by atoms with Gasteiger partial charge in [0, 0.05) is 18.3 Å². The summed E-state index contributed by atoms with van der Waals surface area (Å²) >= 11 is 6.17. The van der Waals surface area contributed by atoms with Gasteiger partial charge in [0.2, 0.25) is 0 Å². The minimum Gasteiger partial charge on any atom is -0.409 e. The first-order valence-corrected chi connectivity index (χ1v) is 6.45. The number of oxime groups is 1. The number of nitrogens with zero attached hydrogens (tertiary/aromatic N) is 2. The number of hydrogen-bond donors (Lipinski definition) is 2. The molecule has 1 fully saturated rings. The molecule has 98 valence electrons. The number of rotatable bonds is 2. The second kappa shape index (κ2) is 5.06. The largest absolute Gasteiger partial charge is 0.409 e. The Morgan fingerprint density at radius 2 is 2.22 bits per heavy atom. The monoisotopic (exact) mass is 267 g/mol.